The lowest BCUT2D eigenvalue weighted by Crippen LogP contribution is -1.99. The maximum atomic E-state index is 7.20. The van der Waals surface area contributed by atoms with Gasteiger partial charge in [0, 0.05) is 11.1 Å². The van der Waals surface area contributed by atoms with E-state index in [-0.39, 0.29) is 6.61 Å². The van der Waals surface area contributed by atoms with E-state index >= 15 is 0 Å². The summed E-state index contributed by atoms with van der Waals surface area (Å²) < 4.78 is 1.73. The summed E-state index contributed by atoms with van der Waals surface area (Å²) in [4.78, 5) is 17.6. The van der Waals surface area contributed by atoms with E-state index in [2.05, 4.69) is 19.8 Å². The Bertz CT molecular complexity index is 698. The third-order valence-electron chi connectivity index (χ3n) is 3.08. The summed E-state index contributed by atoms with van der Waals surface area (Å²) in [5, 5.41) is 4.44. The molecule has 1 aliphatic rings. The Morgan fingerprint density at radius 2 is 2.15 bits per heavy atom. The number of aromatic nitrogens is 3. The first-order valence-electron chi connectivity index (χ1n) is 6.09. The molecule has 0 saturated heterocycles. The molecule has 0 spiro atoms. The largest absolute Gasteiger partial charge is 0.252 e. The molecule has 2 aromatic rings. The molecule has 0 atom stereocenters. The van der Waals surface area contributed by atoms with Crippen LogP contribution >= 0.6 is 0 Å². The van der Waals surface area contributed by atoms with Gasteiger partial charge in [-0.05, 0) is 0 Å². The summed E-state index contributed by atoms with van der Waals surface area (Å²) in [7, 11) is 1.44. The fourth-order valence-electron chi connectivity index (χ4n) is 2.12. The molecule has 6 nitrogen and oxygen atoms in total. The van der Waals surface area contributed by atoms with Gasteiger partial charge in [0.2, 0.25) is 0 Å². The first-order chi connectivity index (χ1) is 9.83. The van der Waals surface area contributed by atoms with Gasteiger partial charge in [0.05, 0.1) is 20.2 Å². The van der Waals surface area contributed by atoms with E-state index in [1.807, 2.05) is 30.3 Å². The van der Waals surface area contributed by atoms with E-state index in [4.69, 9.17) is 11.5 Å². The van der Waals surface area contributed by atoms with Gasteiger partial charge in [-0.2, -0.15) is 5.10 Å². The van der Waals surface area contributed by atoms with Gasteiger partial charge in [-0.15, -0.1) is 0 Å². The van der Waals surface area contributed by atoms with Crippen molar-refractivity contribution in [3.8, 4) is 11.4 Å². The molecule has 1 aromatic heterocycles. The molecule has 0 fully saturated rings. The lowest BCUT2D eigenvalue weighted by atomic mass is 10.2. The first kappa shape index (κ1) is 12.5. The quantitative estimate of drug-likeness (QED) is 0.484. The molecule has 0 amide bonds. The highest BCUT2D eigenvalue weighted by atomic mass is 17.2. The van der Waals surface area contributed by atoms with Crippen LogP contribution in [-0.2, 0) is 16.3 Å². The predicted octanol–water partition coefficient (Wildman–Crippen LogP) is 2.17. The second kappa shape index (κ2) is 5.25. The van der Waals surface area contributed by atoms with Crippen molar-refractivity contribution in [3.63, 3.8) is 0 Å². The van der Waals surface area contributed by atoms with Crippen LogP contribution in [0.5, 0.6) is 0 Å². The first-order valence-corrected chi connectivity index (χ1v) is 6.09. The van der Waals surface area contributed by atoms with Gasteiger partial charge in [-0.25, -0.2) is 19.6 Å². The number of rotatable bonds is 4. The van der Waals surface area contributed by atoms with Crippen LogP contribution < -0.4 is 0 Å². The summed E-state index contributed by atoms with van der Waals surface area (Å²) in [5.74, 6) is 1.33. The highest BCUT2D eigenvalue weighted by Crippen LogP contribution is 2.29. The molecule has 0 N–H and O–H groups in total. The highest BCUT2D eigenvalue weighted by molar-refractivity contribution is 5.71. The van der Waals surface area contributed by atoms with Crippen molar-refractivity contribution >= 4 is 5.57 Å². The maximum absolute atomic E-state index is 7.20. The summed E-state index contributed by atoms with van der Waals surface area (Å²) in [6, 6.07) is 9.74. The molecule has 2 heterocycles. The minimum absolute atomic E-state index is 0.196. The van der Waals surface area contributed by atoms with Crippen LogP contribution in [0.4, 0.5) is 0 Å². The molecular weight excluding hydrogens is 256 g/mol. The number of hydrogen-bond acceptors (Lipinski definition) is 4. The minimum Gasteiger partial charge on any atom is -0.252 e. The molecule has 0 aliphatic carbocycles. The molecule has 20 heavy (non-hydrogen) atoms. The van der Waals surface area contributed by atoms with Crippen molar-refractivity contribution in [1.29, 1.82) is 0 Å². The Morgan fingerprint density at radius 3 is 2.85 bits per heavy atom. The Kier molecular flexibility index (Phi) is 3.29. The van der Waals surface area contributed by atoms with Crippen LogP contribution in [0, 0.1) is 6.57 Å². The van der Waals surface area contributed by atoms with Crippen molar-refractivity contribution in [2.75, 3.05) is 13.7 Å². The van der Waals surface area contributed by atoms with Gasteiger partial charge < -0.3 is 0 Å². The van der Waals surface area contributed by atoms with Crippen molar-refractivity contribution in [3.05, 3.63) is 53.3 Å². The predicted molar refractivity (Wildman–Crippen MR) is 71.9 cm³/mol. The van der Waals surface area contributed by atoms with Gasteiger partial charge in [-0.1, -0.05) is 30.3 Å². The molecule has 0 bridgehead atoms. The number of hydrogen-bond donors (Lipinski definition) is 0. The average molecular weight is 268 g/mol. The topological polar surface area (TPSA) is 53.5 Å². The molecule has 1 aliphatic heterocycles. The fourth-order valence-corrected chi connectivity index (χ4v) is 2.12. The molecule has 0 radical (unpaired) electrons. The van der Waals surface area contributed by atoms with Crippen LogP contribution in [0.1, 0.15) is 5.82 Å². The number of nitrogens with zero attached hydrogens (tertiary/aromatic N) is 4. The smallest absolute Gasteiger partial charge is 0.195 e. The van der Waals surface area contributed by atoms with Crippen molar-refractivity contribution in [1.82, 2.24) is 14.8 Å². The van der Waals surface area contributed by atoms with E-state index < -0.39 is 0 Å². The van der Waals surface area contributed by atoms with Crippen molar-refractivity contribution in [2.45, 2.75) is 6.54 Å². The zero-order valence-corrected chi connectivity index (χ0v) is 10.9. The zero-order chi connectivity index (χ0) is 13.9. The molecule has 0 unspecified atom stereocenters. The van der Waals surface area contributed by atoms with Crippen LogP contribution in [-0.4, -0.2) is 28.5 Å². The number of benzene rings is 1. The Labute approximate surface area is 116 Å². The van der Waals surface area contributed by atoms with Crippen molar-refractivity contribution < 1.29 is 9.78 Å². The second-order valence-electron chi connectivity index (χ2n) is 4.25. The second-order valence-corrected chi connectivity index (χ2v) is 4.25. The van der Waals surface area contributed by atoms with Crippen LogP contribution in [0.3, 0.4) is 0 Å². The number of fused-ring (bicyclic) bond motifs is 1. The fraction of sp³-hybridized carbons (Fsp3) is 0.214. The van der Waals surface area contributed by atoms with E-state index in [0.29, 0.717) is 23.9 Å². The summed E-state index contributed by atoms with van der Waals surface area (Å²) in [5.41, 5.74) is 2.28. The SMILES string of the molecule is [C-]#[N+]C1=C(COOC)c2nc(-c3ccccc3)nn2C1. The Hall–Kier alpha value is -2.49. The van der Waals surface area contributed by atoms with Gasteiger partial charge >= 0.3 is 0 Å². The molecular formula is C14H12N4O2. The van der Waals surface area contributed by atoms with Gasteiger partial charge in [0.1, 0.15) is 12.4 Å². The average Bonchev–Trinajstić information content (AvgIpc) is 3.03. The molecule has 1 aromatic carbocycles. The number of allylic oxidation sites excluding steroid dienone is 1. The standard InChI is InChI=1S/C14H12N4O2/c1-15-12-8-18-14(11(12)9-20-19-2)16-13(17-18)10-6-4-3-5-7-10/h3-7H,8-9H2,2H3. The van der Waals surface area contributed by atoms with Crippen LogP contribution in [0.15, 0.2) is 36.0 Å². The minimum atomic E-state index is 0.196. The van der Waals surface area contributed by atoms with E-state index in [1.165, 1.54) is 7.11 Å². The lowest BCUT2D eigenvalue weighted by Gasteiger charge is -2.00. The van der Waals surface area contributed by atoms with Crippen LogP contribution in [0.25, 0.3) is 21.8 Å². The highest BCUT2D eigenvalue weighted by Gasteiger charge is 2.26. The van der Waals surface area contributed by atoms with Gasteiger partial charge in [-0.3, -0.25) is 4.68 Å². The Morgan fingerprint density at radius 1 is 1.35 bits per heavy atom. The van der Waals surface area contributed by atoms with Crippen molar-refractivity contribution in [2.24, 2.45) is 0 Å². The zero-order valence-electron chi connectivity index (χ0n) is 10.9. The van der Waals surface area contributed by atoms with Gasteiger partial charge in [0.15, 0.2) is 11.5 Å². The third kappa shape index (κ3) is 2.09. The van der Waals surface area contributed by atoms with Crippen LogP contribution in [0.2, 0.25) is 0 Å². The summed E-state index contributed by atoms with van der Waals surface area (Å²) >= 11 is 0. The van der Waals surface area contributed by atoms with E-state index in [9.17, 15) is 0 Å². The monoisotopic (exact) mass is 268 g/mol. The summed E-state index contributed by atoms with van der Waals surface area (Å²) in [6.45, 7) is 7.83. The molecule has 100 valence electrons. The third-order valence-corrected chi connectivity index (χ3v) is 3.08. The van der Waals surface area contributed by atoms with E-state index in [1.54, 1.807) is 4.68 Å². The maximum Gasteiger partial charge on any atom is 0.195 e. The molecule has 6 heteroatoms. The van der Waals surface area contributed by atoms with Gasteiger partial charge in [0.25, 0.3) is 0 Å². The van der Waals surface area contributed by atoms with E-state index in [0.717, 1.165) is 11.1 Å². The molecule has 3 rings (SSSR count). The summed E-state index contributed by atoms with van der Waals surface area (Å²) in [6.07, 6.45) is 0. The normalized spacial score (nSPS) is 13.4. The Balaban J connectivity index is 1.97. The lowest BCUT2D eigenvalue weighted by molar-refractivity contribution is -0.261. The molecule has 0 saturated carbocycles.